The predicted octanol–water partition coefficient (Wildman–Crippen LogP) is 3.55. The fourth-order valence-electron chi connectivity index (χ4n) is 1.76. The van der Waals surface area contributed by atoms with Gasteiger partial charge in [0.1, 0.15) is 11.6 Å². The number of hydrogen-bond donors (Lipinski definition) is 1. The average molecular weight is 253 g/mol. The molecule has 0 spiro atoms. The highest BCUT2D eigenvalue weighted by Crippen LogP contribution is 2.17. The largest absolute Gasteiger partial charge is 0.497 e. The van der Waals surface area contributed by atoms with Crippen molar-refractivity contribution in [3.63, 3.8) is 0 Å². The van der Waals surface area contributed by atoms with Crippen molar-refractivity contribution in [1.82, 2.24) is 5.32 Å². The van der Waals surface area contributed by atoms with Crippen molar-refractivity contribution in [3.8, 4) is 5.75 Å². The summed E-state index contributed by atoms with van der Waals surface area (Å²) in [5.41, 5.74) is 0.928. The zero-order chi connectivity index (χ0) is 13.6. The molecule has 0 saturated heterocycles. The summed E-state index contributed by atoms with van der Waals surface area (Å²) < 4.78 is 18.6. The number of unbranched alkanes of at least 4 members (excludes halogenated alkanes) is 1. The summed E-state index contributed by atoms with van der Waals surface area (Å²) in [6.07, 6.45) is 2.83. The SMILES string of the molecule is COc1ccc(CCCCNC(C)(C)C)c(F)c1. The summed E-state index contributed by atoms with van der Waals surface area (Å²) in [5, 5.41) is 3.43. The van der Waals surface area contributed by atoms with Gasteiger partial charge in [0.2, 0.25) is 0 Å². The van der Waals surface area contributed by atoms with Gasteiger partial charge in [-0.3, -0.25) is 0 Å². The summed E-state index contributed by atoms with van der Waals surface area (Å²) >= 11 is 0. The summed E-state index contributed by atoms with van der Waals surface area (Å²) in [7, 11) is 1.55. The number of ether oxygens (including phenoxy) is 1. The molecule has 0 atom stereocenters. The molecule has 0 aliphatic rings. The van der Waals surface area contributed by atoms with Gasteiger partial charge in [-0.15, -0.1) is 0 Å². The molecule has 0 aromatic heterocycles. The van der Waals surface area contributed by atoms with Crippen LogP contribution in [0.3, 0.4) is 0 Å². The zero-order valence-corrected chi connectivity index (χ0v) is 11.8. The number of aryl methyl sites for hydroxylation is 1. The van der Waals surface area contributed by atoms with E-state index >= 15 is 0 Å². The van der Waals surface area contributed by atoms with Gasteiger partial charge in [0.15, 0.2) is 0 Å². The second-order valence-electron chi connectivity index (χ2n) is 5.59. The predicted molar refractivity (Wildman–Crippen MR) is 73.6 cm³/mol. The van der Waals surface area contributed by atoms with Gasteiger partial charge in [-0.25, -0.2) is 4.39 Å². The Balaban J connectivity index is 2.31. The van der Waals surface area contributed by atoms with Gasteiger partial charge in [-0.1, -0.05) is 6.07 Å². The van der Waals surface area contributed by atoms with Crippen molar-refractivity contribution in [2.75, 3.05) is 13.7 Å². The fourth-order valence-corrected chi connectivity index (χ4v) is 1.76. The van der Waals surface area contributed by atoms with Gasteiger partial charge in [0.05, 0.1) is 7.11 Å². The molecule has 0 radical (unpaired) electrons. The number of nitrogens with one attached hydrogen (secondary N) is 1. The van der Waals surface area contributed by atoms with Crippen molar-refractivity contribution in [2.24, 2.45) is 0 Å². The molecule has 0 aliphatic carbocycles. The number of benzene rings is 1. The van der Waals surface area contributed by atoms with Gasteiger partial charge in [0.25, 0.3) is 0 Å². The Hall–Kier alpha value is -1.09. The molecule has 0 fully saturated rings. The lowest BCUT2D eigenvalue weighted by molar-refractivity contribution is 0.409. The van der Waals surface area contributed by atoms with E-state index in [-0.39, 0.29) is 11.4 Å². The number of hydrogen-bond acceptors (Lipinski definition) is 2. The first-order chi connectivity index (χ1) is 8.42. The number of rotatable bonds is 6. The minimum absolute atomic E-state index is 0.158. The van der Waals surface area contributed by atoms with Crippen molar-refractivity contribution >= 4 is 0 Å². The van der Waals surface area contributed by atoms with E-state index in [1.807, 2.05) is 12.1 Å². The van der Waals surface area contributed by atoms with Crippen molar-refractivity contribution < 1.29 is 9.13 Å². The maximum absolute atomic E-state index is 13.6. The molecule has 1 N–H and O–H groups in total. The summed E-state index contributed by atoms with van der Waals surface area (Å²) in [4.78, 5) is 0. The smallest absolute Gasteiger partial charge is 0.130 e. The molecule has 0 unspecified atom stereocenters. The molecule has 18 heavy (non-hydrogen) atoms. The molecule has 2 nitrogen and oxygen atoms in total. The van der Waals surface area contributed by atoms with Crippen LogP contribution in [0.4, 0.5) is 4.39 Å². The van der Waals surface area contributed by atoms with E-state index in [2.05, 4.69) is 26.1 Å². The molecule has 1 rings (SSSR count). The highest BCUT2D eigenvalue weighted by Gasteiger charge is 2.08. The molecule has 1 aromatic carbocycles. The molecular weight excluding hydrogens is 229 g/mol. The van der Waals surface area contributed by atoms with Gasteiger partial charge in [-0.2, -0.15) is 0 Å². The first-order valence-corrected chi connectivity index (χ1v) is 6.50. The molecule has 0 bridgehead atoms. The van der Waals surface area contributed by atoms with Crippen LogP contribution >= 0.6 is 0 Å². The Labute approximate surface area is 110 Å². The summed E-state index contributed by atoms with van der Waals surface area (Å²) in [5.74, 6) is 0.406. The minimum atomic E-state index is -0.168. The Morgan fingerprint density at radius 3 is 2.50 bits per heavy atom. The van der Waals surface area contributed by atoms with Gasteiger partial charge < -0.3 is 10.1 Å². The number of halogens is 1. The lowest BCUT2D eigenvalue weighted by Gasteiger charge is -2.20. The Kier molecular flexibility index (Phi) is 5.60. The van der Waals surface area contributed by atoms with Crippen LogP contribution < -0.4 is 10.1 Å². The van der Waals surface area contributed by atoms with Crippen LogP contribution in [-0.2, 0) is 6.42 Å². The van der Waals surface area contributed by atoms with E-state index in [1.165, 1.54) is 6.07 Å². The topological polar surface area (TPSA) is 21.3 Å². The van der Waals surface area contributed by atoms with E-state index in [1.54, 1.807) is 7.11 Å². The van der Waals surface area contributed by atoms with Crippen LogP contribution in [0.25, 0.3) is 0 Å². The second kappa shape index (κ2) is 6.74. The molecule has 0 aliphatic heterocycles. The molecule has 1 aromatic rings. The molecular formula is C15H24FNO. The minimum Gasteiger partial charge on any atom is -0.497 e. The normalized spacial score (nSPS) is 11.6. The third-order valence-corrected chi connectivity index (χ3v) is 2.79. The quantitative estimate of drug-likeness (QED) is 0.783. The molecule has 0 heterocycles. The fraction of sp³-hybridized carbons (Fsp3) is 0.600. The van der Waals surface area contributed by atoms with E-state index in [9.17, 15) is 4.39 Å². The van der Waals surface area contributed by atoms with Crippen molar-refractivity contribution in [1.29, 1.82) is 0 Å². The van der Waals surface area contributed by atoms with Gasteiger partial charge >= 0.3 is 0 Å². The monoisotopic (exact) mass is 253 g/mol. The first-order valence-electron chi connectivity index (χ1n) is 6.50. The third-order valence-electron chi connectivity index (χ3n) is 2.79. The molecule has 102 valence electrons. The molecule has 0 amide bonds. The lowest BCUT2D eigenvalue weighted by Crippen LogP contribution is -2.36. The van der Waals surface area contributed by atoms with Crippen molar-refractivity contribution in [2.45, 2.75) is 45.6 Å². The van der Waals surface area contributed by atoms with E-state index in [0.717, 1.165) is 31.4 Å². The number of methoxy groups -OCH3 is 1. The van der Waals surface area contributed by atoms with E-state index in [4.69, 9.17) is 4.74 Å². The van der Waals surface area contributed by atoms with Crippen LogP contribution in [0, 0.1) is 5.82 Å². The average Bonchev–Trinajstić information content (AvgIpc) is 2.29. The standard InChI is InChI=1S/C15H24FNO/c1-15(2,3)17-10-6-5-7-12-8-9-13(18-4)11-14(12)16/h8-9,11,17H,5-7,10H2,1-4H3. The third kappa shape index (κ3) is 5.50. The maximum atomic E-state index is 13.6. The Morgan fingerprint density at radius 1 is 1.22 bits per heavy atom. The lowest BCUT2D eigenvalue weighted by atomic mass is 10.1. The van der Waals surface area contributed by atoms with Gasteiger partial charge in [0, 0.05) is 11.6 Å². The van der Waals surface area contributed by atoms with Crippen molar-refractivity contribution in [3.05, 3.63) is 29.6 Å². The van der Waals surface area contributed by atoms with Crippen LogP contribution in [0.2, 0.25) is 0 Å². The maximum Gasteiger partial charge on any atom is 0.130 e. The van der Waals surface area contributed by atoms with E-state index < -0.39 is 0 Å². The first kappa shape index (κ1) is 15.0. The summed E-state index contributed by atoms with van der Waals surface area (Å²) in [6.45, 7) is 7.42. The highest BCUT2D eigenvalue weighted by atomic mass is 19.1. The van der Waals surface area contributed by atoms with Gasteiger partial charge in [-0.05, 0) is 58.2 Å². The Morgan fingerprint density at radius 2 is 1.94 bits per heavy atom. The van der Waals surface area contributed by atoms with Crippen LogP contribution in [0.15, 0.2) is 18.2 Å². The van der Waals surface area contributed by atoms with Crippen LogP contribution in [0.5, 0.6) is 5.75 Å². The second-order valence-corrected chi connectivity index (χ2v) is 5.59. The Bertz CT molecular complexity index is 371. The molecule has 3 heteroatoms. The van der Waals surface area contributed by atoms with Crippen LogP contribution in [0.1, 0.15) is 39.2 Å². The van der Waals surface area contributed by atoms with E-state index in [0.29, 0.717) is 5.75 Å². The zero-order valence-electron chi connectivity index (χ0n) is 11.8. The van der Waals surface area contributed by atoms with Crippen LogP contribution in [-0.4, -0.2) is 19.2 Å². The molecule has 0 saturated carbocycles. The highest BCUT2D eigenvalue weighted by molar-refractivity contribution is 5.28. The summed E-state index contributed by atoms with van der Waals surface area (Å²) in [6, 6.07) is 5.07.